The van der Waals surface area contributed by atoms with Crippen LogP contribution in [0, 0.1) is 0 Å². The van der Waals surface area contributed by atoms with Crippen LogP contribution in [0.5, 0.6) is 0 Å². The molecule has 188 valence electrons. The van der Waals surface area contributed by atoms with Crippen LogP contribution in [0.25, 0.3) is 5.20 Å². The van der Waals surface area contributed by atoms with Gasteiger partial charge >= 0.3 is 0 Å². The predicted molar refractivity (Wildman–Crippen MR) is 175 cm³/mol. The van der Waals surface area contributed by atoms with E-state index in [4.69, 9.17) is 6.58 Å². The summed E-state index contributed by atoms with van der Waals surface area (Å²) in [7, 11) is -6.47. The maximum atomic E-state index is 5.21. The van der Waals surface area contributed by atoms with Crippen LogP contribution in [0.2, 0.25) is 78.6 Å². The molecule has 2 aromatic rings. The van der Waals surface area contributed by atoms with Gasteiger partial charge in [-0.2, -0.15) is 0 Å². The first-order chi connectivity index (χ1) is 15.3. The van der Waals surface area contributed by atoms with Crippen LogP contribution in [-0.4, -0.2) is 43.6 Å². The van der Waals surface area contributed by atoms with E-state index < -0.39 is 43.6 Å². The fourth-order valence-electron chi connectivity index (χ4n) is 9.17. The monoisotopic (exact) mass is 556 g/mol. The number of rotatable bonds is 9. The molecule has 0 bridgehead atoms. The van der Waals surface area contributed by atoms with Crippen molar-refractivity contribution in [1.82, 2.24) is 0 Å². The summed E-state index contributed by atoms with van der Waals surface area (Å²) in [5.41, 5.74) is 3.78. The summed E-state index contributed by atoms with van der Waals surface area (Å²) in [6.45, 7) is 37.4. The average Bonchev–Trinajstić information content (AvgIpc) is 2.68. The summed E-state index contributed by atoms with van der Waals surface area (Å²) < 4.78 is 0. The normalized spacial score (nSPS) is 15.2. The lowest BCUT2D eigenvalue weighted by molar-refractivity contribution is 1.05. The molecule has 34 heavy (non-hydrogen) atoms. The molecule has 0 aliphatic rings. The van der Waals surface area contributed by atoms with Crippen LogP contribution in [0.15, 0.2) is 67.2 Å². The third kappa shape index (κ3) is 4.52. The molecule has 0 fully saturated rings. The molecule has 2 aromatic carbocycles. The fourth-order valence-corrected chi connectivity index (χ4v) is 242. The van der Waals surface area contributed by atoms with Gasteiger partial charge in [0.25, 0.3) is 0 Å². The van der Waals surface area contributed by atoms with E-state index in [2.05, 4.69) is 146 Å². The number of hydrogen-bond donors (Lipinski definition) is 0. The summed E-state index contributed by atoms with van der Waals surface area (Å²) in [5, 5.41) is 1.66. The lowest BCUT2D eigenvalue weighted by Gasteiger charge is -2.71. The summed E-state index contributed by atoms with van der Waals surface area (Å²) in [4.78, 5) is 0. The Morgan fingerprint density at radius 2 is 0.912 bits per heavy atom. The maximum absolute atomic E-state index is 5.21. The number of benzene rings is 2. The van der Waals surface area contributed by atoms with Crippen molar-refractivity contribution in [2.75, 3.05) is 0 Å². The SMILES string of the molecule is C=C(c1ccccc1)[Si]([Si](C)(C)C)([Si](C)(C)C)[Si](C(C)c1ccccc1)([Si](C)(C)C)[Si](C)(C)C. The summed E-state index contributed by atoms with van der Waals surface area (Å²) in [6, 6.07) is 23.2. The van der Waals surface area contributed by atoms with Crippen molar-refractivity contribution in [1.29, 1.82) is 0 Å². The highest BCUT2D eigenvalue weighted by molar-refractivity contribution is 8.12. The quantitative estimate of drug-likeness (QED) is 0.270. The highest BCUT2D eigenvalue weighted by atomic mass is 30.2. The molecular formula is C28H52Si6. The summed E-state index contributed by atoms with van der Waals surface area (Å²) in [5.74, 6) is 0. The van der Waals surface area contributed by atoms with Gasteiger partial charge in [-0.15, -0.1) is 6.58 Å². The predicted octanol–water partition coefficient (Wildman–Crippen LogP) is 9.22. The lowest BCUT2D eigenvalue weighted by Crippen LogP contribution is -2.98. The molecule has 0 radical (unpaired) electrons. The second kappa shape index (κ2) is 9.74. The molecule has 0 N–H and O–H groups in total. The van der Waals surface area contributed by atoms with Gasteiger partial charge in [-0.3, -0.25) is 0 Å². The molecule has 0 heterocycles. The van der Waals surface area contributed by atoms with Gasteiger partial charge in [-0.05, 0) is 16.7 Å². The van der Waals surface area contributed by atoms with E-state index in [9.17, 15) is 0 Å². The molecule has 0 aromatic heterocycles. The Bertz CT molecular complexity index is 942. The van der Waals surface area contributed by atoms with Crippen LogP contribution in [0.1, 0.15) is 23.6 Å². The van der Waals surface area contributed by atoms with Crippen molar-refractivity contribution in [3.05, 3.63) is 78.4 Å². The molecule has 0 nitrogen and oxygen atoms in total. The van der Waals surface area contributed by atoms with Crippen molar-refractivity contribution >= 4 is 48.8 Å². The fraction of sp³-hybridized carbons (Fsp3) is 0.500. The summed E-state index contributed by atoms with van der Waals surface area (Å²) >= 11 is 0. The molecule has 0 spiro atoms. The third-order valence-electron chi connectivity index (χ3n) is 8.73. The third-order valence-corrected chi connectivity index (χ3v) is 137. The number of hydrogen-bond acceptors (Lipinski definition) is 0. The molecule has 0 amide bonds. The van der Waals surface area contributed by atoms with Crippen molar-refractivity contribution in [2.45, 2.75) is 91.0 Å². The molecule has 1 atom stereocenters. The lowest BCUT2D eigenvalue weighted by atomic mass is 10.2. The zero-order valence-electron chi connectivity index (χ0n) is 24.6. The Balaban J connectivity index is 3.27. The smallest absolute Gasteiger partial charge is 0.0653 e. The van der Waals surface area contributed by atoms with Crippen molar-refractivity contribution in [3.63, 3.8) is 0 Å². The van der Waals surface area contributed by atoms with Crippen LogP contribution < -0.4 is 0 Å². The van der Waals surface area contributed by atoms with E-state index in [1.54, 1.807) is 10.8 Å². The second-order valence-electron chi connectivity index (χ2n) is 14.5. The topological polar surface area (TPSA) is 0 Å². The highest BCUT2D eigenvalue weighted by Gasteiger charge is 2.76. The van der Waals surface area contributed by atoms with E-state index in [-0.39, 0.29) is 0 Å². The zero-order valence-corrected chi connectivity index (χ0v) is 30.6. The first kappa shape index (κ1) is 29.7. The highest BCUT2D eigenvalue weighted by Crippen LogP contribution is 2.56. The molecule has 0 saturated carbocycles. The van der Waals surface area contributed by atoms with E-state index in [0.717, 1.165) is 0 Å². The van der Waals surface area contributed by atoms with Gasteiger partial charge in [0, 0.05) is 37.0 Å². The van der Waals surface area contributed by atoms with Crippen LogP contribution in [0.3, 0.4) is 0 Å². The molecule has 2 rings (SSSR count). The molecule has 6 heteroatoms. The average molecular weight is 557 g/mol. The molecule has 0 aliphatic carbocycles. The van der Waals surface area contributed by atoms with Gasteiger partial charge in [0.2, 0.25) is 0 Å². The first-order valence-corrected chi connectivity index (χ1v) is 36.2. The minimum atomic E-state index is -1.99. The van der Waals surface area contributed by atoms with E-state index in [1.165, 1.54) is 5.56 Å². The van der Waals surface area contributed by atoms with Gasteiger partial charge in [-0.25, -0.2) is 0 Å². The Labute approximate surface area is 217 Å². The van der Waals surface area contributed by atoms with Crippen molar-refractivity contribution < 1.29 is 0 Å². The molecular weight excluding hydrogens is 505 g/mol. The maximum Gasteiger partial charge on any atom is 0.0653 e. The Morgan fingerprint density at radius 3 is 1.24 bits per heavy atom. The molecule has 0 saturated heterocycles. The largest absolute Gasteiger partial charge is 0.100 e. The Hall–Kier alpha value is -0.519. The van der Waals surface area contributed by atoms with E-state index >= 15 is 0 Å². The zero-order chi connectivity index (χ0) is 26.4. The van der Waals surface area contributed by atoms with Crippen LogP contribution >= 0.6 is 0 Å². The standard InChI is InChI=1S/C28H52Si6/c1-25(27-21-17-15-18-22-27)33(29(3,4)5,30(6,7)8)34(31(9,10)11,32(12,13)14)26(2)28-23-19-16-20-24-28/h15-24,26H,1H2,2-14H3. The summed E-state index contributed by atoms with van der Waals surface area (Å²) in [6.07, 6.45) is 0. The van der Waals surface area contributed by atoms with Crippen LogP contribution in [-0.2, 0) is 0 Å². The second-order valence-corrected chi connectivity index (χ2v) is 78.0. The minimum absolute atomic E-state index is 0.692. The minimum Gasteiger partial charge on any atom is -0.100 e. The van der Waals surface area contributed by atoms with Gasteiger partial charge in [0.15, 0.2) is 0 Å². The van der Waals surface area contributed by atoms with Gasteiger partial charge < -0.3 is 0 Å². The first-order valence-electron chi connectivity index (χ1n) is 13.1. The Kier molecular flexibility index (Phi) is 8.51. The molecule has 1 unspecified atom stereocenters. The van der Waals surface area contributed by atoms with Gasteiger partial charge in [-0.1, -0.05) is 151 Å². The van der Waals surface area contributed by atoms with E-state index in [1.807, 2.05) is 0 Å². The van der Waals surface area contributed by atoms with Crippen molar-refractivity contribution in [2.24, 2.45) is 0 Å². The van der Waals surface area contributed by atoms with Gasteiger partial charge in [0.1, 0.15) is 0 Å². The van der Waals surface area contributed by atoms with E-state index in [0.29, 0.717) is 5.54 Å². The van der Waals surface area contributed by atoms with Gasteiger partial charge in [0.05, 0.1) is 6.63 Å². The Morgan fingerprint density at radius 1 is 0.559 bits per heavy atom. The van der Waals surface area contributed by atoms with Crippen molar-refractivity contribution in [3.8, 4) is 0 Å². The molecule has 0 aliphatic heterocycles. The van der Waals surface area contributed by atoms with Crippen LogP contribution in [0.4, 0.5) is 0 Å².